The lowest BCUT2D eigenvalue weighted by atomic mass is 9.84. The van der Waals surface area contributed by atoms with Crippen molar-refractivity contribution in [1.82, 2.24) is 0 Å². The van der Waals surface area contributed by atoms with Gasteiger partial charge in [-0.05, 0) is 35.9 Å². The van der Waals surface area contributed by atoms with E-state index in [1.807, 2.05) is 30.3 Å². The van der Waals surface area contributed by atoms with Crippen LogP contribution < -0.4 is 22.3 Å². The number of nitrogens with one attached hydrogen (secondary N) is 2. The third-order valence-electron chi connectivity index (χ3n) is 3.56. The van der Waals surface area contributed by atoms with Crippen molar-refractivity contribution >= 4 is 40.3 Å². The molecule has 0 aliphatic carbocycles. The summed E-state index contributed by atoms with van der Waals surface area (Å²) < 4.78 is 0. The molecule has 0 aliphatic rings. The lowest BCUT2D eigenvalue weighted by Gasteiger charge is -2.28. The van der Waals surface area contributed by atoms with Crippen molar-refractivity contribution in [2.45, 2.75) is 19.3 Å². The molecule has 0 saturated carbocycles. The Balaban J connectivity index is 2.23. The summed E-state index contributed by atoms with van der Waals surface area (Å²) in [5.41, 5.74) is 11.3. The van der Waals surface area contributed by atoms with Crippen molar-refractivity contribution < 1.29 is 0 Å². The minimum Gasteiger partial charge on any atom is -0.399 e. The van der Waals surface area contributed by atoms with Gasteiger partial charge < -0.3 is 16.5 Å². The number of nitrogen functional groups attached to an aromatic ring is 2. The van der Waals surface area contributed by atoms with E-state index in [0.717, 1.165) is 16.9 Å². The van der Waals surface area contributed by atoms with Crippen LogP contribution in [0.15, 0.2) is 36.4 Å². The average Bonchev–Trinajstić information content (AvgIpc) is 2.45. The summed E-state index contributed by atoms with van der Waals surface area (Å²) in [6.45, 7) is 4.80. The first-order chi connectivity index (χ1) is 10.3. The van der Waals surface area contributed by atoms with E-state index in [9.17, 15) is 0 Å². The average molecular weight is 339 g/mol. The maximum absolute atomic E-state index is 6.31. The van der Waals surface area contributed by atoms with Crippen LogP contribution >= 0.6 is 23.2 Å². The van der Waals surface area contributed by atoms with E-state index in [-0.39, 0.29) is 5.41 Å². The number of hydrazine groups is 1. The minimum atomic E-state index is -0.261. The normalized spacial score (nSPS) is 11.3. The highest BCUT2D eigenvalue weighted by Gasteiger charge is 2.26. The molecule has 0 atom stereocenters. The molecule has 2 rings (SSSR count). The Morgan fingerprint density at radius 1 is 1.05 bits per heavy atom. The Kier molecular flexibility index (Phi) is 5.06. The Bertz CT molecular complexity index is 651. The van der Waals surface area contributed by atoms with Gasteiger partial charge in [0.05, 0.1) is 11.4 Å². The van der Waals surface area contributed by atoms with E-state index in [1.165, 1.54) is 0 Å². The van der Waals surface area contributed by atoms with Gasteiger partial charge in [-0.3, -0.25) is 5.84 Å². The molecule has 118 valence electrons. The SMILES string of the molecule is CC(C)(CNc1ccc(N)cc1NN)c1c(Cl)cccc1Cl. The highest BCUT2D eigenvalue weighted by molar-refractivity contribution is 6.36. The third kappa shape index (κ3) is 3.58. The number of anilines is 3. The number of halogens is 2. The molecule has 0 aromatic heterocycles. The first-order valence-corrected chi connectivity index (χ1v) is 7.65. The quantitative estimate of drug-likeness (QED) is 0.373. The molecule has 0 amide bonds. The van der Waals surface area contributed by atoms with Gasteiger partial charge in [0.15, 0.2) is 0 Å². The van der Waals surface area contributed by atoms with Crippen LogP contribution in [0.5, 0.6) is 0 Å². The van der Waals surface area contributed by atoms with Crippen LogP contribution in [0.2, 0.25) is 10.0 Å². The molecule has 0 fully saturated rings. The first-order valence-electron chi connectivity index (χ1n) is 6.89. The van der Waals surface area contributed by atoms with Crippen molar-refractivity contribution in [3.63, 3.8) is 0 Å². The van der Waals surface area contributed by atoms with Gasteiger partial charge in [-0.2, -0.15) is 0 Å². The van der Waals surface area contributed by atoms with Gasteiger partial charge in [0.1, 0.15) is 0 Å². The fraction of sp³-hybridized carbons (Fsp3) is 0.250. The Morgan fingerprint density at radius 3 is 2.27 bits per heavy atom. The minimum absolute atomic E-state index is 0.261. The van der Waals surface area contributed by atoms with Crippen molar-refractivity contribution in [2.24, 2.45) is 5.84 Å². The van der Waals surface area contributed by atoms with Gasteiger partial charge in [0.2, 0.25) is 0 Å². The van der Waals surface area contributed by atoms with Gasteiger partial charge in [0, 0.05) is 27.7 Å². The second kappa shape index (κ2) is 6.65. The van der Waals surface area contributed by atoms with E-state index in [0.29, 0.717) is 22.3 Å². The predicted octanol–water partition coefficient (Wildman–Crippen LogP) is 4.25. The van der Waals surface area contributed by atoms with Gasteiger partial charge in [-0.25, -0.2) is 0 Å². The highest BCUT2D eigenvalue weighted by Crippen LogP contribution is 2.36. The predicted molar refractivity (Wildman–Crippen MR) is 96.6 cm³/mol. The summed E-state index contributed by atoms with van der Waals surface area (Å²) >= 11 is 12.6. The van der Waals surface area contributed by atoms with E-state index in [2.05, 4.69) is 24.6 Å². The third-order valence-corrected chi connectivity index (χ3v) is 4.19. The molecule has 0 saturated heterocycles. The van der Waals surface area contributed by atoms with Crippen molar-refractivity contribution in [3.8, 4) is 0 Å². The summed E-state index contributed by atoms with van der Waals surface area (Å²) in [6.07, 6.45) is 0. The second-order valence-corrected chi connectivity index (χ2v) is 6.60. The number of hydrogen-bond acceptors (Lipinski definition) is 4. The van der Waals surface area contributed by atoms with Gasteiger partial charge in [-0.15, -0.1) is 0 Å². The summed E-state index contributed by atoms with van der Waals surface area (Å²) in [5, 5.41) is 4.69. The van der Waals surface area contributed by atoms with Crippen molar-refractivity contribution in [2.75, 3.05) is 23.0 Å². The maximum Gasteiger partial charge on any atom is 0.0738 e. The molecule has 0 heterocycles. The van der Waals surface area contributed by atoms with Crippen LogP contribution in [0, 0.1) is 0 Å². The van der Waals surface area contributed by atoms with Crippen LogP contribution in [-0.4, -0.2) is 6.54 Å². The van der Waals surface area contributed by atoms with E-state index < -0.39 is 0 Å². The summed E-state index contributed by atoms with van der Waals surface area (Å²) in [7, 11) is 0. The Hall–Kier alpha value is -1.62. The smallest absolute Gasteiger partial charge is 0.0738 e. The Labute approximate surface area is 140 Å². The standard InChI is InChI=1S/C16H20Cl2N4/c1-16(2,15-11(17)4-3-5-12(15)18)9-21-13-7-6-10(19)8-14(13)22-20/h3-8,21-22H,9,19-20H2,1-2H3. The van der Waals surface area contributed by atoms with Gasteiger partial charge in [0.25, 0.3) is 0 Å². The molecule has 2 aromatic rings. The number of benzene rings is 2. The zero-order chi connectivity index (χ0) is 16.3. The molecular formula is C16H20Cl2N4. The van der Waals surface area contributed by atoms with E-state index >= 15 is 0 Å². The molecule has 4 nitrogen and oxygen atoms in total. The monoisotopic (exact) mass is 338 g/mol. The zero-order valence-corrected chi connectivity index (χ0v) is 14.1. The van der Waals surface area contributed by atoms with Crippen LogP contribution in [-0.2, 0) is 5.41 Å². The Morgan fingerprint density at radius 2 is 1.68 bits per heavy atom. The molecule has 2 aromatic carbocycles. The molecule has 0 aliphatic heterocycles. The molecule has 0 unspecified atom stereocenters. The molecule has 0 bridgehead atoms. The van der Waals surface area contributed by atoms with Crippen LogP contribution in [0.25, 0.3) is 0 Å². The molecular weight excluding hydrogens is 319 g/mol. The molecule has 6 heteroatoms. The molecule has 6 N–H and O–H groups in total. The molecule has 0 spiro atoms. The summed E-state index contributed by atoms with van der Waals surface area (Å²) in [5.74, 6) is 5.53. The van der Waals surface area contributed by atoms with Gasteiger partial charge in [-0.1, -0.05) is 43.1 Å². The summed E-state index contributed by atoms with van der Waals surface area (Å²) in [6, 6.07) is 11.0. The maximum atomic E-state index is 6.31. The molecule has 0 radical (unpaired) electrons. The van der Waals surface area contributed by atoms with Gasteiger partial charge >= 0.3 is 0 Å². The van der Waals surface area contributed by atoms with Crippen LogP contribution in [0.1, 0.15) is 19.4 Å². The lowest BCUT2D eigenvalue weighted by Crippen LogP contribution is -2.29. The largest absolute Gasteiger partial charge is 0.399 e. The number of hydrogen-bond donors (Lipinski definition) is 4. The molecule has 22 heavy (non-hydrogen) atoms. The fourth-order valence-electron chi connectivity index (χ4n) is 2.38. The zero-order valence-electron chi connectivity index (χ0n) is 12.6. The summed E-state index contributed by atoms with van der Waals surface area (Å²) in [4.78, 5) is 0. The van der Waals surface area contributed by atoms with Crippen molar-refractivity contribution in [3.05, 3.63) is 52.0 Å². The van der Waals surface area contributed by atoms with Crippen LogP contribution in [0.4, 0.5) is 17.1 Å². The highest BCUT2D eigenvalue weighted by atomic mass is 35.5. The number of rotatable bonds is 5. The second-order valence-electron chi connectivity index (χ2n) is 5.78. The van der Waals surface area contributed by atoms with E-state index in [1.54, 1.807) is 6.07 Å². The number of nitrogens with two attached hydrogens (primary N) is 2. The fourth-order valence-corrected chi connectivity index (χ4v) is 3.29. The topological polar surface area (TPSA) is 76.1 Å². The van der Waals surface area contributed by atoms with E-state index in [4.69, 9.17) is 34.8 Å². The van der Waals surface area contributed by atoms with Crippen LogP contribution in [0.3, 0.4) is 0 Å². The van der Waals surface area contributed by atoms with Crippen molar-refractivity contribution in [1.29, 1.82) is 0 Å². The lowest BCUT2D eigenvalue weighted by molar-refractivity contribution is 0.558. The first kappa shape index (κ1) is 16.7.